The predicted octanol–water partition coefficient (Wildman–Crippen LogP) is 2.16. The van der Waals surface area contributed by atoms with Gasteiger partial charge in [0, 0.05) is 22.6 Å². The zero-order chi connectivity index (χ0) is 15.0. The summed E-state index contributed by atoms with van der Waals surface area (Å²) in [6.07, 6.45) is 2.42. The van der Waals surface area contributed by atoms with Crippen molar-refractivity contribution in [3.63, 3.8) is 0 Å². The van der Waals surface area contributed by atoms with Crippen LogP contribution in [0.1, 0.15) is 24.6 Å². The van der Waals surface area contributed by atoms with Crippen molar-refractivity contribution in [2.75, 3.05) is 6.61 Å². The van der Waals surface area contributed by atoms with Gasteiger partial charge in [-0.1, -0.05) is 0 Å². The topological polar surface area (TPSA) is 57.2 Å². The highest BCUT2D eigenvalue weighted by molar-refractivity contribution is 5.87. The lowest BCUT2D eigenvalue weighted by Gasteiger charge is -2.20. The second kappa shape index (κ2) is 5.48. The molecule has 1 atom stereocenters. The second-order valence-electron chi connectivity index (χ2n) is 5.48. The van der Waals surface area contributed by atoms with Crippen LogP contribution in [0, 0.1) is 5.82 Å². The number of carbonyl (C=O) groups excluding carboxylic acids is 1. The highest BCUT2D eigenvalue weighted by Gasteiger charge is 2.24. The number of hydrogen-bond donors (Lipinski definition) is 1. The van der Waals surface area contributed by atoms with E-state index in [1.54, 1.807) is 13.0 Å². The molecule has 0 radical (unpaired) electrons. The minimum atomic E-state index is -0.267. The molecule has 0 saturated carbocycles. The van der Waals surface area contributed by atoms with Crippen LogP contribution in [0.25, 0.3) is 10.9 Å². The maximum atomic E-state index is 13.6. The first-order chi connectivity index (χ1) is 10.1. The number of fused-ring (bicyclic) bond motifs is 3. The van der Waals surface area contributed by atoms with Crippen molar-refractivity contribution in [3.8, 4) is 0 Å². The molecule has 0 unspecified atom stereocenters. The van der Waals surface area contributed by atoms with E-state index in [2.05, 4.69) is 0 Å². The zero-order valence-corrected chi connectivity index (χ0v) is 12.1. The summed E-state index contributed by atoms with van der Waals surface area (Å²) in [5, 5.41) is 0.865. The summed E-state index contributed by atoms with van der Waals surface area (Å²) in [6, 6.07) is 4.79. The van der Waals surface area contributed by atoms with E-state index in [0.717, 1.165) is 41.4 Å². The van der Waals surface area contributed by atoms with Gasteiger partial charge in [0.05, 0.1) is 6.61 Å². The molecule has 3 rings (SSSR count). The van der Waals surface area contributed by atoms with E-state index < -0.39 is 0 Å². The monoisotopic (exact) mass is 290 g/mol. The van der Waals surface area contributed by atoms with E-state index in [9.17, 15) is 9.18 Å². The van der Waals surface area contributed by atoms with Crippen molar-refractivity contribution in [3.05, 3.63) is 35.3 Å². The molecule has 1 aromatic carbocycles. The Morgan fingerprint density at radius 2 is 2.33 bits per heavy atom. The highest BCUT2D eigenvalue weighted by atomic mass is 19.1. The van der Waals surface area contributed by atoms with E-state index in [-0.39, 0.29) is 24.4 Å². The summed E-state index contributed by atoms with van der Waals surface area (Å²) in [5.41, 5.74) is 9.09. The van der Waals surface area contributed by atoms with E-state index in [4.69, 9.17) is 10.5 Å². The molecule has 0 saturated heterocycles. The van der Waals surface area contributed by atoms with Crippen molar-refractivity contribution in [2.24, 2.45) is 5.73 Å². The number of rotatable bonds is 3. The molecule has 2 N–H and O–H groups in total. The van der Waals surface area contributed by atoms with E-state index in [1.165, 1.54) is 12.1 Å². The summed E-state index contributed by atoms with van der Waals surface area (Å²) in [5.74, 6) is -0.533. The van der Waals surface area contributed by atoms with Gasteiger partial charge < -0.3 is 15.0 Å². The van der Waals surface area contributed by atoms with Crippen LogP contribution in [-0.4, -0.2) is 23.2 Å². The molecule has 2 aromatic rings. The molecular formula is C16H19FN2O2. The Kier molecular flexibility index (Phi) is 3.68. The number of carbonyl (C=O) groups is 1. The van der Waals surface area contributed by atoms with Gasteiger partial charge in [-0.3, -0.25) is 4.79 Å². The quantitative estimate of drug-likeness (QED) is 0.881. The summed E-state index contributed by atoms with van der Waals surface area (Å²) < 4.78 is 20.6. The lowest BCUT2D eigenvalue weighted by Crippen LogP contribution is -2.28. The summed E-state index contributed by atoms with van der Waals surface area (Å²) in [4.78, 5) is 11.8. The Bertz CT molecular complexity index is 693. The second-order valence-corrected chi connectivity index (χ2v) is 5.48. The molecule has 1 aliphatic carbocycles. The number of nitrogens with zero attached hydrogens (tertiary/aromatic N) is 1. The van der Waals surface area contributed by atoms with Crippen molar-refractivity contribution >= 4 is 16.9 Å². The average molecular weight is 290 g/mol. The fourth-order valence-corrected chi connectivity index (χ4v) is 3.17. The Morgan fingerprint density at radius 3 is 3.10 bits per heavy atom. The SMILES string of the molecule is CCOC(=O)Cn1c2c(c3cc(F)ccc31)C[C@H](N)CC2. The molecule has 4 nitrogen and oxygen atoms in total. The molecule has 1 aliphatic rings. The average Bonchev–Trinajstić information content (AvgIpc) is 2.72. The van der Waals surface area contributed by atoms with Gasteiger partial charge in [-0.05, 0) is 49.9 Å². The number of halogens is 1. The number of nitrogens with two attached hydrogens (primary N) is 1. The van der Waals surface area contributed by atoms with Gasteiger partial charge in [0.2, 0.25) is 0 Å². The molecule has 0 bridgehead atoms. The van der Waals surface area contributed by atoms with Gasteiger partial charge in [-0.25, -0.2) is 4.39 Å². The van der Waals surface area contributed by atoms with Gasteiger partial charge >= 0.3 is 5.97 Å². The third-order valence-corrected chi connectivity index (χ3v) is 4.06. The van der Waals surface area contributed by atoms with Crippen LogP contribution in [-0.2, 0) is 28.9 Å². The number of aromatic nitrogens is 1. The van der Waals surface area contributed by atoms with Crippen molar-refractivity contribution in [2.45, 2.75) is 38.8 Å². The number of hydrogen-bond acceptors (Lipinski definition) is 3. The van der Waals surface area contributed by atoms with Crippen LogP contribution in [0.3, 0.4) is 0 Å². The third-order valence-electron chi connectivity index (χ3n) is 4.06. The van der Waals surface area contributed by atoms with Gasteiger partial charge in [0.15, 0.2) is 0 Å². The first kappa shape index (κ1) is 14.1. The van der Waals surface area contributed by atoms with Crippen LogP contribution >= 0.6 is 0 Å². The van der Waals surface area contributed by atoms with Gasteiger partial charge in [-0.2, -0.15) is 0 Å². The predicted molar refractivity (Wildman–Crippen MR) is 78.5 cm³/mol. The zero-order valence-electron chi connectivity index (χ0n) is 12.1. The standard InChI is InChI=1S/C16H19FN2O2/c1-2-21-16(20)9-19-14-5-3-10(17)7-12(14)13-8-11(18)4-6-15(13)19/h3,5,7,11H,2,4,6,8-9,18H2,1H3/t11-/m1/s1. The van der Waals surface area contributed by atoms with Crippen LogP contribution in [0.5, 0.6) is 0 Å². The Labute approximate surface area is 122 Å². The fraction of sp³-hybridized carbons (Fsp3) is 0.438. The van der Waals surface area contributed by atoms with Crippen LogP contribution < -0.4 is 5.73 Å². The Hall–Kier alpha value is -1.88. The molecule has 0 amide bonds. The maximum absolute atomic E-state index is 13.6. The Balaban J connectivity index is 2.12. The molecule has 21 heavy (non-hydrogen) atoms. The Morgan fingerprint density at radius 1 is 1.52 bits per heavy atom. The van der Waals surface area contributed by atoms with Crippen molar-refractivity contribution in [1.29, 1.82) is 0 Å². The van der Waals surface area contributed by atoms with Crippen LogP contribution in [0.15, 0.2) is 18.2 Å². The fourth-order valence-electron chi connectivity index (χ4n) is 3.17. The third kappa shape index (κ3) is 2.53. The largest absolute Gasteiger partial charge is 0.465 e. The van der Waals surface area contributed by atoms with E-state index >= 15 is 0 Å². The first-order valence-corrected chi connectivity index (χ1v) is 7.30. The summed E-state index contributed by atoms with van der Waals surface area (Å²) in [6.45, 7) is 2.32. The van der Waals surface area contributed by atoms with Crippen molar-refractivity contribution in [1.82, 2.24) is 4.57 Å². The van der Waals surface area contributed by atoms with Gasteiger partial charge in [0.25, 0.3) is 0 Å². The molecule has 0 aliphatic heterocycles. The molecule has 1 aromatic heterocycles. The van der Waals surface area contributed by atoms with E-state index in [0.29, 0.717) is 6.61 Å². The lowest BCUT2D eigenvalue weighted by molar-refractivity contribution is -0.143. The minimum absolute atomic E-state index is 0.0995. The smallest absolute Gasteiger partial charge is 0.325 e. The first-order valence-electron chi connectivity index (χ1n) is 7.30. The van der Waals surface area contributed by atoms with Crippen LogP contribution in [0.4, 0.5) is 4.39 Å². The normalized spacial score (nSPS) is 17.8. The minimum Gasteiger partial charge on any atom is -0.465 e. The number of esters is 1. The molecule has 112 valence electrons. The maximum Gasteiger partial charge on any atom is 0.325 e. The molecule has 0 fully saturated rings. The summed E-state index contributed by atoms with van der Waals surface area (Å²) >= 11 is 0. The molecule has 1 heterocycles. The lowest BCUT2D eigenvalue weighted by atomic mass is 9.92. The van der Waals surface area contributed by atoms with Crippen molar-refractivity contribution < 1.29 is 13.9 Å². The summed E-state index contributed by atoms with van der Waals surface area (Å²) in [7, 11) is 0. The molecule has 5 heteroatoms. The van der Waals surface area contributed by atoms with Gasteiger partial charge in [0.1, 0.15) is 12.4 Å². The molecular weight excluding hydrogens is 271 g/mol. The van der Waals surface area contributed by atoms with E-state index in [1.807, 2.05) is 4.57 Å². The molecule has 0 spiro atoms. The van der Waals surface area contributed by atoms with Crippen LogP contribution in [0.2, 0.25) is 0 Å². The van der Waals surface area contributed by atoms with Gasteiger partial charge in [-0.15, -0.1) is 0 Å². The number of ether oxygens (including phenoxy) is 1. The highest BCUT2D eigenvalue weighted by Crippen LogP contribution is 2.32. The number of benzene rings is 1.